The van der Waals surface area contributed by atoms with Gasteiger partial charge >= 0.3 is 0 Å². The van der Waals surface area contributed by atoms with Crippen LogP contribution >= 0.6 is 0 Å². The quantitative estimate of drug-likeness (QED) is 0.844. The molecule has 100 valence electrons. The molecule has 5 heteroatoms. The molecule has 0 fully saturated rings. The van der Waals surface area contributed by atoms with E-state index in [0.717, 1.165) is 0 Å². The highest BCUT2D eigenvalue weighted by Crippen LogP contribution is 2.21. The monoisotopic (exact) mass is 267 g/mol. The third-order valence-electron chi connectivity index (χ3n) is 2.47. The van der Waals surface area contributed by atoms with Gasteiger partial charge in [0.1, 0.15) is 12.4 Å². The third kappa shape index (κ3) is 3.90. The van der Waals surface area contributed by atoms with E-state index >= 15 is 0 Å². The van der Waals surface area contributed by atoms with Crippen LogP contribution < -0.4 is 4.74 Å². The predicted molar refractivity (Wildman–Crippen MR) is 74.4 cm³/mol. The molecule has 0 aliphatic heterocycles. The number of hydrogen-bond acceptors (Lipinski definition) is 5. The first-order valence-electron chi connectivity index (χ1n) is 6.07. The lowest BCUT2D eigenvalue weighted by Gasteiger charge is -2.03. The fraction of sp³-hybridized carbons (Fsp3) is 0.133. The number of aliphatic hydroxyl groups excluding tert-OH is 1. The summed E-state index contributed by atoms with van der Waals surface area (Å²) in [4.78, 5) is 0. The van der Waals surface area contributed by atoms with Crippen molar-refractivity contribution in [2.75, 3.05) is 13.2 Å². The molecule has 0 heterocycles. The summed E-state index contributed by atoms with van der Waals surface area (Å²) in [5.74, 6) is 0.677. The van der Waals surface area contributed by atoms with Crippen LogP contribution in [-0.4, -0.2) is 18.3 Å². The summed E-state index contributed by atoms with van der Waals surface area (Å²) in [6.45, 7) is 0.256. The predicted octanol–water partition coefficient (Wildman–Crippen LogP) is 3.34. The summed E-state index contributed by atoms with van der Waals surface area (Å²) in [6, 6.07) is 16.0. The molecular formula is C15H13N3O2. The van der Waals surface area contributed by atoms with Gasteiger partial charge in [0.05, 0.1) is 29.6 Å². The lowest BCUT2D eigenvalue weighted by atomic mass is 10.2. The first-order valence-corrected chi connectivity index (χ1v) is 6.07. The second kappa shape index (κ2) is 7.02. The van der Waals surface area contributed by atoms with Crippen molar-refractivity contribution in [1.29, 1.82) is 5.26 Å². The minimum Gasteiger partial charge on any atom is -0.491 e. The number of nitrogens with zero attached hydrogens (tertiary/aromatic N) is 3. The Balaban J connectivity index is 2.01. The van der Waals surface area contributed by atoms with Crippen molar-refractivity contribution in [3.8, 4) is 11.8 Å². The summed E-state index contributed by atoms with van der Waals surface area (Å²) in [5, 5.41) is 25.5. The molecule has 0 spiro atoms. The van der Waals surface area contributed by atoms with Gasteiger partial charge in [0, 0.05) is 0 Å². The zero-order chi connectivity index (χ0) is 14.2. The van der Waals surface area contributed by atoms with Crippen LogP contribution in [0.2, 0.25) is 0 Å². The Morgan fingerprint density at radius 3 is 2.00 bits per heavy atom. The van der Waals surface area contributed by atoms with Crippen molar-refractivity contribution in [1.82, 2.24) is 0 Å². The topological polar surface area (TPSA) is 78.0 Å². The molecule has 0 unspecified atom stereocenters. The number of aliphatic hydroxyl groups is 1. The second-order valence-corrected chi connectivity index (χ2v) is 3.92. The summed E-state index contributed by atoms with van der Waals surface area (Å²) >= 11 is 0. The average Bonchev–Trinajstić information content (AvgIpc) is 2.52. The van der Waals surface area contributed by atoms with Crippen molar-refractivity contribution in [3.05, 3.63) is 54.1 Å². The van der Waals surface area contributed by atoms with Gasteiger partial charge in [-0.2, -0.15) is 15.5 Å². The van der Waals surface area contributed by atoms with Gasteiger partial charge in [-0.05, 0) is 48.5 Å². The number of nitriles is 1. The van der Waals surface area contributed by atoms with Crippen LogP contribution in [0.15, 0.2) is 58.8 Å². The number of hydrogen-bond donors (Lipinski definition) is 1. The molecule has 0 radical (unpaired) electrons. The maximum Gasteiger partial charge on any atom is 0.119 e. The molecule has 2 rings (SSSR count). The Morgan fingerprint density at radius 1 is 0.950 bits per heavy atom. The normalized spacial score (nSPS) is 10.4. The smallest absolute Gasteiger partial charge is 0.119 e. The van der Waals surface area contributed by atoms with E-state index in [1.54, 1.807) is 48.5 Å². The Kier molecular flexibility index (Phi) is 4.81. The maximum absolute atomic E-state index is 8.69. The molecule has 0 aliphatic carbocycles. The fourth-order valence-electron chi connectivity index (χ4n) is 1.49. The van der Waals surface area contributed by atoms with Crippen molar-refractivity contribution >= 4 is 11.4 Å². The van der Waals surface area contributed by atoms with E-state index in [1.807, 2.05) is 6.07 Å². The SMILES string of the molecule is N#Cc1ccc(/N=N/c2ccc(OCCO)cc2)cc1. The highest BCUT2D eigenvalue weighted by atomic mass is 16.5. The van der Waals surface area contributed by atoms with Crippen molar-refractivity contribution in [3.63, 3.8) is 0 Å². The van der Waals surface area contributed by atoms with Gasteiger partial charge in [-0.3, -0.25) is 0 Å². The molecule has 2 aromatic rings. The van der Waals surface area contributed by atoms with Gasteiger partial charge in [0.25, 0.3) is 0 Å². The van der Waals surface area contributed by atoms with Crippen LogP contribution in [0, 0.1) is 11.3 Å². The van der Waals surface area contributed by atoms with Crippen LogP contribution in [-0.2, 0) is 0 Å². The van der Waals surface area contributed by atoms with Gasteiger partial charge in [-0.15, -0.1) is 0 Å². The third-order valence-corrected chi connectivity index (χ3v) is 2.47. The Morgan fingerprint density at radius 2 is 1.50 bits per heavy atom. The first kappa shape index (κ1) is 13.7. The lowest BCUT2D eigenvalue weighted by molar-refractivity contribution is 0.201. The van der Waals surface area contributed by atoms with E-state index in [-0.39, 0.29) is 13.2 Å². The van der Waals surface area contributed by atoms with E-state index < -0.39 is 0 Å². The highest BCUT2D eigenvalue weighted by molar-refractivity contribution is 5.44. The number of ether oxygens (including phenoxy) is 1. The molecule has 2 aromatic carbocycles. The number of rotatable bonds is 5. The molecule has 20 heavy (non-hydrogen) atoms. The molecular weight excluding hydrogens is 254 g/mol. The van der Waals surface area contributed by atoms with Crippen molar-refractivity contribution in [2.24, 2.45) is 10.2 Å². The Hall–Kier alpha value is -2.71. The molecule has 5 nitrogen and oxygen atoms in total. The standard InChI is InChI=1S/C15H13N3O2/c16-11-12-1-3-13(4-2-12)17-18-14-5-7-15(8-6-14)20-10-9-19/h1-8,19H,9-10H2/b18-17+. The van der Waals surface area contributed by atoms with Gasteiger partial charge in [-0.1, -0.05) is 0 Å². The van der Waals surface area contributed by atoms with Crippen LogP contribution in [0.25, 0.3) is 0 Å². The first-order chi connectivity index (χ1) is 9.81. The molecule has 0 aromatic heterocycles. The molecule has 0 saturated heterocycles. The van der Waals surface area contributed by atoms with Crippen LogP contribution in [0.3, 0.4) is 0 Å². The van der Waals surface area contributed by atoms with Crippen LogP contribution in [0.1, 0.15) is 5.56 Å². The zero-order valence-electron chi connectivity index (χ0n) is 10.7. The maximum atomic E-state index is 8.69. The molecule has 0 amide bonds. The summed E-state index contributed by atoms with van der Waals surface area (Å²) in [7, 11) is 0. The molecule has 1 N–H and O–H groups in total. The Labute approximate surface area is 116 Å². The average molecular weight is 267 g/mol. The minimum absolute atomic E-state index is 0.0137. The molecule has 0 aliphatic rings. The summed E-state index contributed by atoms with van der Waals surface area (Å²) in [5.41, 5.74) is 1.98. The summed E-state index contributed by atoms with van der Waals surface area (Å²) in [6.07, 6.45) is 0. The van der Waals surface area contributed by atoms with E-state index in [0.29, 0.717) is 22.7 Å². The minimum atomic E-state index is -0.0137. The second-order valence-electron chi connectivity index (χ2n) is 3.92. The van der Waals surface area contributed by atoms with Crippen molar-refractivity contribution < 1.29 is 9.84 Å². The molecule has 0 bridgehead atoms. The molecule has 0 atom stereocenters. The van der Waals surface area contributed by atoms with E-state index in [9.17, 15) is 0 Å². The lowest BCUT2D eigenvalue weighted by Crippen LogP contribution is -2.00. The van der Waals surface area contributed by atoms with Gasteiger partial charge in [0.15, 0.2) is 0 Å². The highest BCUT2D eigenvalue weighted by Gasteiger charge is 1.95. The van der Waals surface area contributed by atoms with Crippen molar-refractivity contribution in [2.45, 2.75) is 0 Å². The number of benzene rings is 2. The fourth-order valence-corrected chi connectivity index (χ4v) is 1.49. The van der Waals surface area contributed by atoms with E-state index in [4.69, 9.17) is 15.1 Å². The summed E-state index contributed by atoms with van der Waals surface area (Å²) < 4.78 is 5.25. The van der Waals surface area contributed by atoms with Crippen LogP contribution in [0.4, 0.5) is 11.4 Å². The van der Waals surface area contributed by atoms with Gasteiger partial charge in [-0.25, -0.2) is 0 Å². The largest absolute Gasteiger partial charge is 0.491 e. The molecule has 0 saturated carbocycles. The van der Waals surface area contributed by atoms with Gasteiger partial charge < -0.3 is 9.84 Å². The van der Waals surface area contributed by atoms with Gasteiger partial charge in [0.2, 0.25) is 0 Å². The number of azo groups is 1. The zero-order valence-corrected chi connectivity index (χ0v) is 10.7. The Bertz CT molecular complexity index is 613. The van der Waals surface area contributed by atoms with E-state index in [1.165, 1.54) is 0 Å². The van der Waals surface area contributed by atoms with E-state index in [2.05, 4.69) is 10.2 Å². The van der Waals surface area contributed by atoms with Crippen LogP contribution in [0.5, 0.6) is 5.75 Å².